The van der Waals surface area contributed by atoms with Crippen molar-refractivity contribution in [3.63, 3.8) is 0 Å². The fraction of sp³-hybridized carbons (Fsp3) is 0.167. The topological polar surface area (TPSA) is 18.5 Å². The molecule has 134 valence electrons. The van der Waals surface area contributed by atoms with Gasteiger partial charge in [-0.2, -0.15) is 0 Å². The lowest BCUT2D eigenvalue weighted by Gasteiger charge is -2.11. The van der Waals surface area contributed by atoms with Gasteiger partial charge in [-0.1, -0.05) is 87.2 Å². The SMILES string of the molecule is C=Cc1cc(OCc2ccccc2)cc(OCc2ccccc2)c1.CC. The van der Waals surface area contributed by atoms with Crippen molar-refractivity contribution in [2.75, 3.05) is 0 Å². The summed E-state index contributed by atoms with van der Waals surface area (Å²) in [5.41, 5.74) is 3.24. The zero-order valence-corrected chi connectivity index (χ0v) is 15.5. The van der Waals surface area contributed by atoms with Gasteiger partial charge < -0.3 is 9.47 Å². The molecule has 0 unspecified atom stereocenters. The van der Waals surface area contributed by atoms with Gasteiger partial charge >= 0.3 is 0 Å². The Bertz CT molecular complexity index is 718. The Hall–Kier alpha value is -3.00. The molecule has 0 spiro atoms. The van der Waals surface area contributed by atoms with Crippen LogP contribution in [0.5, 0.6) is 11.5 Å². The van der Waals surface area contributed by atoms with Gasteiger partial charge in [-0.15, -0.1) is 0 Å². The van der Waals surface area contributed by atoms with E-state index >= 15 is 0 Å². The van der Waals surface area contributed by atoms with Crippen molar-refractivity contribution >= 4 is 6.08 Å². The monoisotopic (exact) mass is 346 g/mol. The molecule has 0 N–H and O–H groups in total. The summed E-state index contributed by atoms with van der Waals surface area (Å²) in [7, 11) is 0. The van der Waals surface area contributed by atoms with Crippen LogP contribution in [0.3, 0.4) is 0 Å². The highest BCUT2D eigenvalue weighted by molar-refractivity contribution is 5.53. The van der Waals surface area contributed by atoms with Crippen LogP contribution in [-0.2, 0) is 13.2 Å². The third-order valence-electron chi connectivity index (χ3n) is 3.63. The van der Waals surface area contributed by atoms with E-state index in [1.54, 1.807) is 6.08 Å². The second kappa shape index (κ2) is 10.8. The highest BCUT2D eigenvalue weighted by atomic mass is 16.5. The fourth-order valence-corrected chi connectivity index (χ4v) is 2.36. The van der Waals surface area contributed by atoms with Crippen molar-refractivity contribution in [1.82, 2.24) is 0 Å². The number of hydrogen-bond donors (Lipinski definition) is 0. The summed E-state index contributed by atoms with van der Waals surface area (Å²) < 4.78 is 11.8. The molecule has 0 amide bonds. The van der Waals surface area contributed by atoms with Crippen LogP contribution < -0.4 is 9.47 Å². The van der Waals surface area contributed by atoms with Crippen LogP contribution in [0, 0.1) is 0 Å². The molecule has 0 saturated carbocycles. The largest absolute Gasteiger partial charge is 0.489 e. The van der Waals surface area contributed by atoms with E-state index in [2.05, 4.69) is 6.58 Å². The summed E-state index contributed by atoms with van der Waals surface area (Å²) in [6, 6.07) is 26.0. The normalized spacial score (nSPS) is 9.62. The Morgan fingerprint density at radius 2 is 1.12 bits per heavy atom. The maximum absolute atomic E-state index is 5.90. The Kier molecular flexibility index (Phi) is 8.01. The summed E-state index contributed by atoms with van der Waals surface area (Å²) >= 11 is 0. The van der Waals surface area contributed by atoms with Gasteiger partial charge in [0.2, 0.25) is 0 Å². The highest BCUT2D eigenvalue weighted by Gasteiger charge is 2.03. The molecular formula is C24H26O2. The second-order valence-corrected chi connectivity index (χ2v) is 5.49. The maximum atomic E-state index is 5.90. The van der Waals surface area contributed by atoms with Crippen LogP contribution in [0.1, 0.15) is 30.5 Å². The molecular weight excluding hydrogens is 320 g/mol. The van der Waals surface area contributed by atoms with E-state index in [4.69, 9.17) is 9.47 Å². The number of rotatable bonds is 7. The Morgan fingerprint density at radius 3 is 1.50 bits per heavy atom. The first-order valence-corrected chi connectivity index (χ1v) is 8.94. The van der Waals surface area contributed by atoms with Gasteiger partial charge in [-0.05, 0) is 28.8 Å². The van der Waals surface area contributed by atoms with E-state index in [0.29, 0.717) is 13.2 Å². The molecule has 3 rings (SSSR count). The van der Waals surface area contributed by atoms with Gasteiger partial charge in [0.25, 0.3) is 0 Å². The van der Waals surface area contributed by atoms with Crippen molar-refractivity contribution in [2.24, 2.45) is 0 Å². The molecule has 0 aliphatic carbocycles. The van der Waals surface area contributed by atoms with Crippen LogP contribution in [0.25, 0.3) is 6.08 Å². The van der Waals surface area contributed by atoms with E-state index < -0.39 is 0 Å². The molecule has 0 radical (unpaired) electrons. The summed E-state index contributed by atoms with van der Waals surface area (Å²) in [4.78, 5) is 0. The second-order valence-electron chi connectivity index (χ2n) is 5.49. The quantitative estimate of drug-likeness (QED) is 0.485. The zero-order chi connectivity index (χ0) is 18.6. The highest BCUT2D eigenvalue weighted by Crippen LogP contribution is 2.25. The molecule has 26 heavy (non-hydrogen) atoms. The van der Waals surface area contributed by atoms with E-state index in [1.165, 1.54) is 0 Å². The predicted molar refractivity (Wildman–Crippen MR) is 109 cm³/mol. The number of ether oxygens (including phenoxy) is 2. The maximum Gasteiger partial charge on any atom is 0.124 e. The summed E-state index contributed by atoms with van der Waals surface area (Å²) in [5, 5.41) is 0. The van der Waals surface area contributed by atoms with Crippen LogP contribution >= 0.6 is 0 Å². The summed E-state index contributed by atoms with van der Waals surface area (Å²) in [6.07, 6.45) is 1.80. The van der Waals surface area contributed by atoms with Gasteiger partial charge in [0.1, 0.15) is 24.7 Å². The lowest BCUT2D eigenvalue weighted by Crippen LogP contribution is -1.98. The lowest BCUT2D eigenvalue weighted by molar-refractivity contribution is 0.290. The molecule has 0 atom stereocenters. The first-order valence-electron chi connectivity index (χ1n) is 8.94. The number of hydrogen-bond acceptors (Lipinski definition) is 2. The van der Waals surface area contributed by atoms with Crippen molar-refractivity contribution < 1.29 is 9.47 Å². The van der Waals surface area contributed by atoms with Gasteiger partial charge in [0, 0.05) is 6.07 Å². The molecule has 2 heteroatoms. The average Bonchev–Trinajstić information content (AvgIpc) is 2.73. The van der Waals surface area contributed by atoms with Crippen molar-refractivity contribution in [1.29, 1.82) is 0 Å². The zero-order valence-electron chi connectivity index (χ0n) is 15.5. The van der Waals surface area contributed by atoms with E-state index in [-0.39, 0.29) is 0 Å². The third-order valence-corrected chi connectivity index (χ3v) is 3.63. The third kappa shape index (κ3) is 6.14. The fourth-order valence-electron chi connectivity index (χ4n) is 2.36. The molecule has 3 aromatic carbocycles. The van der Waals surface area contributed by atoms with E-state index in [9.17, 15) is 0 Å². The minimum Gasteiger partial charge on any atom is -0.489 e. The summed E-state index contributed by atoms with van der Waals surface area (Å²) in [5.74, 6) is 1.55. The first kappa shape index (κ1) is 19.3. The Morgan fingerprint density at radius 1 is 0.692 bits per heavy atom. The van der Waals surface area contributed by atoms with Crippen molar-refractivity contribution in [3.05, 3.63) is 102 Å². The molecule has 0 aliphatic heterocycles. The minimum atomic E-state index is 0.527. The molecule has 0 heterocycles. The van der Waals surface area contributed by atoms with E-state index in [1.807, 2.05) is 92.7 Å². The van der Waals surface area contributed by atoms with Crippen LogP contribution in [0.2, 0.25) is 0 Å². The predicted octanol–water partition coefficient (Wildman–Crippen LogP) is 6.51. The molecule has 2 nitrogen and oxygen atoms in total. The van der Waals surface area contributed by atoms with E-state index in [0.717, 1.165) is 28.2 Å². The van der Waals surface area contributed by atoms with Gasteiger partial charge in [-0.25, -0.2) is 0 Å². The average molecular weight is 346 g/mol. The first-order chi connectivity index (χ1) is 12.8. The number of benzene rings is 3. The lowest BCUT2D eigenvalue weighted by atomic mass is 10.2. The van der Waals surface area contributed by atoms with Gasteiger partial charge in [-0.3, -0.25) is 0 Å². The summed E-state index contributed by atoms with van der Waals surface area (Å²) in [6.45, 7) is 8.89. The molecule has 0 saturated heterocycles. The minimum absolute atomic E-state index is 0.527. The van der Waals surface area contributed by atoms with Gasteiger partial charge in [0.15, 0.2) is 0 Å². The smallest absolute Gasteiger partial charge is 0.124 e. The standard InChI is InChI=1S/C22H20O2.C2H6/c1-2-18-13-21(23-16-19-9-5-3-6-10-19)15-22(14-18)24-17-20-11-7-4-8-12-20;1-2/h2-15H,1,16-17H2;1-2H3. The van der Waals surface area contributed by atoms with Crippen molar-refractivity contribution in [2.45, 2.75) is 27.1 Å². The van der Waals surface area contributed by atoms with Crippen LogP contribution in [-0.4, -0.2) is 0 Å². The Labute approximate surface area is 156 Å². The van der Waals surface area contributed by atoms with Crippen LogP contribution in [0.4, 0.5) is 0 Å². The molecule has 3 aromatic rings. The molecule has 0 aromatic heterocycles. The van der Waals surface area contributed by atoms with Gasteiger partial charge in [0.05, 0.1) is 0 Å². The van der Waals surface area contributed by atoms with Crippen LogP contribution in [0.15, 0.2) is 85.4 Å². The van der Waals surface area contributed by atoms with Crippen molar-refractivity contribution in [3.8, 4) is 11.5 Å². The molecule has 0 aliphatic rings. The molecule has 0 bridgehead atoms. The molecule has 0 fully saturated rings. The Balaban J connectivity index is 0.00000117.